The Bertz CT molecular complexity index is 1360. The number of benzene rings is 2. The zero-order chi connectivity index (χ0) is 25.6. The fourth-order valence-corrected chi connectivity index (χ4v) is 3.85. The Morgan fingerprint density at radius 1 is 1.05 bits per heavy atom. The van der Waals surface area contributed by atoms with Crippen molar-refractivity contribution in [3.05, 3.63) is 83.9 Å². The second kappa shape index (κ2) is 10.9. The topological polar surface area (TPSA) is 116 Å². The van der Waals surface area contributed by atoms with E-state index in [9.17, 15) is 9.59 Å². The van der Waals surface area contributed by atoms with E-state index >= 15 is 0 Å². The molecule has 0 atom stereocenters. The molecule has 1 aliphatic heterocycles. The third kappa shape index (κ3) is 5.75. The molecule has 1 aliphatic rings. The molecule has 0 fully saturated rings. The van der Waals surface area contributed by atoms with Crippen molar-refractivity contribution in [2.45, 2.75) is 19.5 Å². The molecule has 0 spiro atoms. The number of nitrogens with one attached hydrogen (secondary N) is 1. The summed E-state index contributed by atoms with van der Waals surface area (Å²) in [6.07, 6.45) is 1.63. The summed E-state index contributed by atoms with van der Waals surface area (Å²) in [6, 6.07) is 17.8. The van der Waals surface area contributed by atoms with E-state index < -0.39 is 0 Å². The van der Waals surface area contributed by atoms with Gasteiger partial charge in [-0.15, -0.1) is 0 Å². The van der Waals surface area contributed by atoms with Crippen LogP contribution in [0.25, 0.3) is 11.3 Å². The van der Waals surface area contributed by atoms with Crippen LogP contribution in [0.4, 0.5) is 0 Å². The lowest BCUT2D eigenvalue weighted by atomic mass is 10.1. The van der Waals surface area contributed by atoms with Crippen molar-refractivity contribution in [1.29, 1.82) is 0 Å². The fraction of sp³-hybridized carbons (Fsp3) is 0.222. The Hall–Kier alpha value is -4.73. The SMILES string of the molecule is COc1ccc(-c2cc(C(=O)N(CCC(=O)NCc3ccc4c(c3)OCO4)Cc3ccco3)no2)cc1. The number of methoxy groups -OCH3 is 1. The van der Waals surface area contributed by atoms with Gasteiger partial charge in [0, 0.05) is 31.1 Å². The quantitative estimate of drug-likeness (QED) is 0.345. The predicted molar refractivity (Wildman–Crippen MR) is 131 cm³/mol. The highest BCUT2D eigenvalue weighted by atomic mass is 16.7. The van der Waals surface area contributed by atoms with Crippen molar-refractivity contribution in [2.24, 2.45) is 0 Å². The standard InChI is InChI=1S/C27H25N3O7/c1-33-20-7-5-19(6-8-20)24-14-22(29-37-24)27(32)30(16-21-3-2-12-34-21)11-10-26(31)28-15-18-4-9-23-25(13-18)36-17-35-23/h2-9,12-14H,10-11,15-17H2,1H3,(H,28,31). The molecule has 2 aromatic carbocycles. The van der Waals surface area contributed by atoms with Crippen molar-refractivity contribution in [3.8, 4) is 28.6 Å². The van der Waals surface area contributed by atoms with Crippen LogP contribution in [0.15, 0.2) is 75.9 Å². The minimum absolute atomic E-state index is 0.0974. The van der Waals surface area contributed by atoms with E-state index in [1.807, 2.05) is 30.3 Å². The maximum Gasteiger partial charge on any atom is 0.276 e. The van der Waals surface area contributed by atoms with Gasteiger partial charge in [-0.1, -0.05) is 11.2 Å². The maximum absolute atomic E-state index is 13.3. The van der Waals surface area contributed by atoms with Crippen LogP contribution in [0.2, 0.25) is 0 Å². The van der Waals surface area contributed by atoms with Crippen molar-refractivity contribution in [2.75, 3.05) is 20.4 Å². The van der Waals surface area contributed by atoms with Crippen LogP contribution in [0.1, 0.15) is 28.2 Å². The number of rotatable bonds is 10. The second-order valence-corrected chi connectivity index (χ2v) is 8.33. The van der Waals surface area contributed by atoms with E-state index in [0.29, 0.717) is 35.3 Å². The van der Waals surface area contributed by atoms with Gasteiger partial charge in [-0.2, -0.15) is 0 Å². The van der Waals surface area contributed by atoms with Gasteiger partial charge in [-0.3, -0.25) is 9.59 Å². The molecule has 0 aliphatic carbocycles. The highest BCUT2D eigenvalue weighted by molar-refractivity contribution is 5.93. The van der Waals surface area contributed by atoms with Crippen molar-refractivity contribution < 1.29 is 32.7 Å². The molecule has 4 aromatic rings. The van der Waals surface area contributed by atoms with Gasteiger partial charge < -0.3 is 33.4 Å². The molecule has 3 heterocycles. The zero-order valence-electron chi connectivity index (χ0n) is 20.1. The summed E-state index contributed by atoms with van der Waals surface area (Å²) >= 11 is 0. The molecular weight excluding hydrogens is 478 g/mol. The zero-order valence-corrected chi connectivity index (χ0v) is 20.1. The third-order valence-corrected chi connectivity index (χ3v) is 5.85. The molecule has 2 aromatic heterocycles. The fourth-order valence-electron chi connectivity index (χ4n) is 3.85. The maximum atomic E-state index is 13.3. The van der Waals surface area contributed by atoms with Crippen LogP contribution >= 0.6 is 0 Å². The molecule has 1 N–H and O–H groups in total. The lowest BCUT2D eigenvalue weighted by Gasteiger charge is -2.20. The largest absolute Gasteiger partial charge is 0.497 e. The molecule has 10 nitrogen and oxygen atoms in total. The number of amides is 2. The van der Waals surface area contributed by atoms with E-state index in [1.54, 1.807) is 37.4 Å². The molecule has 0 saturated carbocycles. The van der Waals surface area contributed by atoms with Crippen molar-refractivity contribution in [3.63, 3.8) is 0 Å². The van der Waals surface area contributed by atoms with Gasteiger partial charge in [0.1, 0.15) is 11.5 Å². The van der Waals surface area contributed by atoms with Crippen molar-refractivity contribution in [1.82, 2.24) is 15.4 Å². The summed E-state index contributed by atoms with van der Waals surface area (Å²) in [7, 11) is 1.59. The van der Waals surface area contributed by atoms with Crippen LogP contribution in [0.3, 0.4) is 0 Å². The number of furan rings is 1. The lowest BCUT2D eigenvalue weighted by Crippen LogP contribution is -2.35. The van der Waals surface area contributed by atoms with E-state index in [-0.39, 0.29) is 43.8 Å². The predicted octanol–water partition coefficient (Wildman–Crippen LogP) is 4.02. The minimum atomic E-state index is -0.372. The molecular formula is C27H25N3O7. The summed E-state index contributed by atoms with van der Waals surface area (Å²) < 4.78 is 26.7. The van der Waals surface area contributed by atoms with Gasteiger partial charge in [-0.05, 0) is 54.1 Å². The summed E-state index contributed by atoms with van der Waals surface area (Å²) in [6.45, 7) is 0.872. The number of fused-ring (bicyclic) bond motifs is 1. The minimum Gasteiger partial charge on any atom is -0.497 e. The van der Waals surface area contributed by atoms with Crippen LogP contribution in [-0.2, 0) is 17.9 Å². The number of nitrogens with zero attached hydrogens (tertiary/aromatic N) is 2. The highest BCUT2D eigenvalue weighted by Gasteiger charge is 2.23. The summed E-state index contributed by atoms with van der Waals surface area (Å²) in [5, 5.41) is 6.84. The molecule has 10 heteroatoms. The Labute approximate surface area is 212 Å². The summed E-state index contributed by atoms with van der Waals surface area (Å²) in [4.78, 5) is 27.4. The molecule has 0 bridgehead atoms. The first-order chi connectivity index (χ1) is 18.1. The van der Waals surface area contributed by atoms with Crippen LogP contribution < -0.4 is 19.5 Å². The first-order valence-corrected chi connectivity index (χ1v) is 11.7. The average Bonchev–Trinajstić information content (AvgIpc) is 3.71. The van der Waals surface area contributed by atoms with E-state index in [2.05, 4.69) is 10.5 Å². The average molecular weight is 504 g/mol. The van der Waals surface area contributed by atoms with Gasteiger partial charge in [0.25, 0.3) is 5.91 Å². The van der Waals surface area contributed by atoms with Gasteiger partial charge in [0.2, 0.25) is 12.7 Å². The summed E-state index contributed by atoms with van der Waals surface area (Å²) in [5.74, 6) is 2.52. The lowest BCUT2D eigenvalue weighted by molar-refractivity contribution is -0.121. The van der Waals surface area contributed by atoms with Crippen LogP contribution in [0.5, 0.6) is 17.2 Å². The molecule has 2 amide bonds. The van der Waals surface area contributed by atoms with Gasteiger partial charge in [0.15, 0.2) is 23.0 Å². The second-order valence-electron chi connectivity index (χ2n) is 8.33. The molecule has 190 valence electrons. The number of hydrogen-bond donors (Lipinski definition) is 1. The van der Waals surface area contributed by atoms with E-state index in [0.717, 1.165) is 11.1 Å². The van der Waals surface area contributed by atoms with E-state index in [4.69, 9.17) is 23.2 Å². The Morgan fingerprint density at radius 3 is 2.68 bits per heavy atom. The Kier molecular flexibility index (Phi) is 7.07. The highest BCUT2D eigenvalue weighted by Crippen LogP contribution is 2.32. The van der Waals surface area contributed by atoms with Crippen molar-refractivity contribution >= 4 is 11.8 Å². The van der Waals surface area contributed by atoms with Crippen LogP contribution in [-0.4, -0.2) is 42.3 Å². The number of carbonyl (C=O) groups is 2. The van der Waals surface area contributed by atoms with E-state index in [1.165, 1.54) is 11.2 Å². The number of hydrogen-bond acceptors (Lipinski definition) is 8. The molecule has 0 radical (unpaired) electrons. The Balaban J connectivity index is 1.22. The molecule has 0 saturated heterocycles. The number of aromatic nitrogens is 1. The smallest absolute Gasteiger partial charge is 0.276 e. The van der Waals surface area contributed by atoms with Gasteiger partial charge in [-0.25, -0.2) is 0 Å². The first-order valence-electron chi connectivity index (χ1n) is 11.7. The van der Waals surface area contributed by atoms with Crippen LogP contribution in [0, 0.1) is 0 Å². The summed E-state index contributed by atoms with van der Waals surface area (Å²) in [5.41, 5.74) is 1.78. The number of ether oxygens (including phenoxy) is 3. The molecule has 37 heavy (non-hydrogen) atoms. The third-order valence-electron chi connectivity index (χ3n) is 5.85. The normalized spacial score (nSPS) is 11.8. The Morgan fingerprint density at radius 2 is 1.89 bits per heavy atom. The monoisotopic (exact) mass is 503 g/mol. The number of carbonyl (C=O) groups excluding carboxylic acids is 2. The van der Waals surface area contributed by atoms with Gasteiger partial charge >= 0.3 is 0 Å². The molecule has 5 rings (SSSR count). The molecule has 0 unspecified atom stereocenters. The van der Waals surface area contributed by atoms with Gasteiger partial charge in [0.05, 0.1) is 19.9 Å². The first kappa shape index (κ1) is 24.0.